The Morgan fingerprint density at radius 2 is 1.63 bits per heavy atom. The number of likely N-dealkylation sites (tertiary alicyclic amines) is 1. The average Bonchev–Trinajstić information content (AvgIpc) is 3.09. The second-order valence-electron chi connectivity index (χ2n) is 12.3. The Morgan fingerprint density at radius 1 is 0.898 bits per heavy atom. The number of hydrogen-bond donors (Lipinski definition) is 1. The minimum atomic E-state index is -4.66. The fourth-order valence-electron chi connectivity index (χ4n) is 6.31. The van der Waals surface area contributed by atoms with Crippen molar-refractivity contribution in [2.45, 2.75) is 44.4 Å². The Hall–Kier alpha value is -4.84. The molecule has 2 aliphatic heterocycles. The molecule has 0 radical (unpaired) electrons. The van der Waals surface area contributed by atoms with Crippen molar-refractivity contribution in [1.82, 2.24) is 15.1 Å². The summed E-state index contributed by atoms with van der Waals surface area (Å²) in [6.07, 6.45) is -2.09. The van der Waals surface area contributed by atoms with Crippen LogP contribution in [0, 0.1) is 0 Å². The van der Waals surface area contributed by atoms with Gasteiger partial charge in [0.1, 0.15) is 11.6 Å². The van der Waals surface area contributed by atoms with Gasteiger partial charge in [0.25, 0.3) is 5.91 Å². The van der Waals surface area contributed by atoms with Gasteiger partial charge in [-0.3, -0.25) is 19.2 Å². The highest BCUT2D eigenvalue weighted by Crippen LogP contribution is 2.31. The van der Waals surface area contributed by atoms with Crippen molar-refractivity contribution in [3.63, 3.8) is 0 Å². The molecule has 9 nitrogen and oxygen atoms in total. The molecule has 4 aromatic rings. The lowest BCUT2D eigenvalue weighted by Gasteiger charge is -2.39. The summed E-state index contributed by atoms with van der Waals surface area (Å²) in [6.45, 7) is 3.05. The van der Waals surface area contributed by atoms with Crippen LogP contribution in [0.3, 0.4) is 0 Å². The molecular formula is C36H34ClF3N4O5. The van der Waals surface area contributed by atoms with Gasteiger partial charge in [-0.1, -0.05) is 41.9 Å². The molecule has 3 heterocycles. The molecule has 2 aliphatic rings. The third-order valence-corrected chi connectivity index (χ3v) is 9.19. The number of piperazine rings is 1. The smallest absolute Gasteiger partial charge is 0.416 e. The monoisotopic (exact) mass is 694 g/mol. The number of nitrogens with one attached hydrogen (secondary N) is 1. The Bertz CT molecular complexity index is 1920. The Morgan fingerprint density at radius 3 is 2.35 bits per heavy atom. The van der Waals surface area contributed by atoms with Gasteiger partial charge in [0.15, 0.2) is 11.2 Å². The summed E-state index contributed by atoms with van der Waals surface area (Å²) in [5.41, 5.74) is 0.748. The van der Waals surface area contributed by atoms with Gasteiger partial charge in [-0.2, -0.15) is 13.2 Å². The van der Waals surface area contributed by atoms with Gasteiger partial charge in [-0.25, -0.2) is 0 Å². The standard InChI is InChI=1S/C36H34ClF3N4O5/c37-26-11-8-23(9-12-26)19-28(41-34(47)32-21-30(45)27-20-25(36(38,39)40)10-13-31(27)49-32)35(48)43-17-15-42(16-18-43)29-6-2-1-5-24(29)22-44-14-4-3-7-33(44)46/h1-2,5-6,8-13,20-21,28H,3-4,7,14-19,22H2,(H,41,47)/t28-/m1/s1. The van der Waals surface area contributed by atoms with Gasteiger partial charge in [0.2, 0.25) is 11.8 Å². The number of anilines is 1. The van der Waals surface area contributed by atoms with Crippen molar-refractivity contribution in [3.05, 3.63) is 110 Å². The molecule has 2 fully saturated rings. The van der Waals surface area contributed by atoms with Crippen molar-refractivity contribution < 1.29 is 32.0 Å². The van der Waals surface area contributed by atoms with Crippen LogP contribution in [0.4, 0.5) is 18.9 Å². The largest absolute Gasteiger partial charge is 0.451 e. The van der Waals surface area contributed by atoms with Crippen LogP contribution >= 0.6 is 11.6 Å². The van der Waals surface area contributed by atoms with Gasteiger partial charge >= 0.3 is 6.18 Å². The van der Waals surface area contributed by atoms with Crippen LogP contribution < -0.4 is 15.6 Å². The van der Waals surface area contributed by atoms with Crippen LogP contribution in [0.15, 0.2) is 82.0 Å². The summed E-state index contributed by atoms with van der Waals surface area (Å²) < 4.78 is 45.1. The topological polar surface area (TPSA) is 103 Å². The zero-order valence-corrected chi connectivity index (χ0v) is 27.2. The van der Waals surface area contributed by atoms with Crippen molar-refractivity contribution in [2.75, 3.05) is 37.6 Å². The first-order valence-electron chi connectivity index (χ1n) is 16.1. The molecule has 1 atom stereocenters. The first-order chi connectivity index (χ1) is 23.5. The number of amides is 3. The normalized spacial score (nSPS) is 16.2. The van der Waals surface area contributed by atoms with E-state index in [-0.39, 0.29) is 29.2 Å². The molecule has 0 spiro atoms. The maximum atomic E-state index is 14.0. The summed E-state index contributed by atoms with van der Waals surface area (Å²) in [6, 6.07) is 17.0. The summed E-state index contributed by atoms with van der Waals surface area (Å²) in [5, 5.41) is 2.88. The molecule has 256 valence electrons. The van der Waals surface area contributed by atoms with E-state index in [0.29, 0.717) is 50.2 Å². The van der Waals surface area contributed by atoms with E-state index < -0.39 is 34.9 Å². The van der Waals surface area contributed by atoms with E-state index in [1.165, 1.54) is 0 Å². The van der Waals surface area contributed by atoms with E-state index in [1.807, 2.05) is 29.2 Å². The van der Waals surface area contributed by atoms with Gasteiger partial charge in [0, 0.05) is 68.9 Å². The van der Waals surface area contributed by atoms with E-state index in [0.717, 1.165) is 54.4 Å². The molecule has 3 aromatic carbocycles. The number of para-hydroxylation sites is 1. The summed E-state index contributed by atoms with van der Waals surface area (Å²) in [5.74, 6) is -1.47. The summed E-state index contributed by atoms with van der Waals surface area (Å²) in [4.78, 5) is 58.4. The summed E-state index contributed by atoms with van der Waals surface area (Å²) in [7, 11) is 0. The molecule has 3 amide bonds. The van der Waals surface area contributed by atoms with Crippen LogP contribution in [0.1, 0.15) is 46.5 Å². The van der Waals surface area contributed by atoms with E-state index in [9.17, 15) is 32.3 Å². The first kappa shape index (κ1) is 34.0. The Kier molecular flexibility index (Phi) is 9.96. The van der Waals surface area contributed by atoms with Crippen LogP contribution in [0.2, 0.25) is 5.02 Å². The molecule has 0 unspecified atom stereocenters. The number of nitrogens with zero attached hydrogens (tertiary/aromatic N) is 3. The lowest BCUT2D eigenvalue weighted by Crippen LogP contribution is -2.55. The highest BCUT2D eigenvalue weighted by Gasteiger charge is 2.33. The highest BCUT2D eigenvalue weighted by atomic mass is 35.5. The number of rotatable bonds is 8. The number of hydrogen-bond acceptors (Lipinski definition) is 6. The predicted molar refractivity (Wildman–Crippen MR) is 178 cm³/mol. The molecule has 49 heavy (non-hydrogen) atoms. The number of carbonyl (C=O) groups excluding carboxylic acids is 3. The minimum Gasteiger partial charge on any atom is -0.451 e. The quantitative estimate of drug-likeness (QED) is 0.255. The Balaban J connectivity index is 1.18. The number of piperidine rings is 1. The first-order valence-corrected chi connectivity index (χ1v) is 16.4. The molecule has 0 saturated carbocycles. The van der Waals surface area contributed by atoms with E-state index in [4.69, 9.17) is 16.0 Å². The Labute approximate surface area is 285 Å². The van der Waals surface area contributed by atoms with Crippen molar-refractivity contribution in [2.24, 2.45) is 0 Å². The zero-order chi connectivity index (χ0) is 34.7. The third kappa shape index (κ3) is 7.91. The number of halogens is 4. The lowest BCUT2D eigenvalue weighted by atomic mass is 10.0. The second kappa shape index (κ2) is 14.3. The van der Waals surface area contributed by atoms with Crippen molar-refractivity contribution >= 4 is 46.0 Å². The number of alkyl halides is 3. The van der Waals surface area contributed by atoms with Gasteiger partial charge in [0.05, 0.1) is 10.9 Å². The number of carbonyl (C=O) groups is 3. The number of benzene rings is 3. The maximum absolute atomic E-state index is 14.0. The van der Waals surface area contributed by atoms with Crippen molar-refractivity contribution in [3.8, 4) is 0 Å². The van der Waals surface area contributed by atoms with Crippen LogP contribution in [0.25, 0.3) is 11.0 Å². The second-order valence-corrected chi connectivity index (χ2v) is 12.7. The predicted octanol–water partition coefficient (Wildman–Crippen LogP) is 5.67. The van der Waals surface area contributed by atoms with E-state index in [2.05, 4.69) is 10.2 Å². The molecule has 1 N–H and O–H groups in total. The van der Waals surface area contributed by atoms with Gasteiger partial charge in [-0.05, 0) is 60.4 Å². The molecule has 0 bridgehead atoms. The molecule has 1 aromatic heterocycles. The van der Waals surface area contributed by atoms with Crippen LogP contribution in [-0.2, 0) is 28.7 Å². The zero-order valence-electron chi connectivity index (χ0n) is 26.5. The fourth-order valence-corrected chi connectivity index (χ4v) is 6.43. The fraction of sp³-hybridized carbons (Fsp3) is 0.333. The highest BCUT2D eigenvalue weighted by molar-refractivity contribution is 6.30. The number of fused-ring (bicyclic) bond motifs is 1. The molecule has 6 rings (SSSR count). The SMILES string of the molecule is O=C(N[C@H](Cc1ccc(Cl)cc1)C(=O)N1CCN(c2ccccc2CN2CCCCC2=O)CC1)c1cc(=O)c2cc(C(F)(F)F)ccc2o1. The lowest BCUT2D eigenvalue weighted by molar-refractivity contribution is -0.137. The molecule has 2 saturated heterocycles. The molecule has 13 heteroatoms. The molecule has 0 aliphatic carbocycles. The van der Waals surface area contributed by atoms with Crippen LogP contribution in [-0.4, -0.2) is 66.3 Å². The summed E-state index contributed by atoms with van der Waals surface area (Å²) >= 11 is 6.06. The van der Waals surface area contributed by atoms with Crippen molar-refractivity contribution in [1.29, 1.82) is 0 Å². The maximum Gasteiger partial charge on any atom is 0.416 e. The van der Waals surface area contributed by atoms with Gasteiger partial charge in [-0.15, -0.1) is 0 Å². The van der Waals surface area contributed by atoms with E-state index in [1.54, 1.807) is 29.2 Å². The minimum absolute atomic E-state index is 0.113. The van der Waals surface area contributed by atoms with Crippen LogP contribution in [0.5, 0.6) is 0 Å². The third-order valence-electron chi connectivity index (χ3n) is 8.94. The van der Waals surface area contributed by atoms with Gasteiger partial charge < -0.3 is 24.4 Å². The average molecular weight is 695 g/mol. The molecular weight excluding hydrogens is 661 g/mol. The van der Waals surface area contributed by atoms with E-state index >= 15 is 0 Å².